The van der Waals surface area contributed by atoms with Crippen LogP contribution < -0.4 is 0 Å². The Kier molecular flexibility index (Phi) is 4.95. The van der Waals surface area contributed by atoms with Crippen LogP contribution in [0.3, 0.4) is 0 Å². The van der Waals surface area contributed by atoms with Gasteiger partial charge in [0.25, 0.3) is 0 Å². The van der Waals surface area contributed by atoms with E-state index in [0.717, 1.165) is 5.57 Å². The number of aliphatic hydroxyl groups excluding tert-OH is 1. The molecular formula is C20H24O5. The highest BCUT2D eigenvalue weighted by atomic mass is 16.6. The van der Waals surface area contributed by atoms with E-state index in [1.165, 1.54) is 0 Å². The molecule has 0 saturated carbocycles. The molecule has 2 aliphatic heterocycles. The van der Waals surface area contributed by atoms with Gasteiger partial charge >= 0.3 is 11.9 Å². The Hall–Kier alpha value is -2.14. The summed E-state index contributed by atoms with van der Waals surface area (Å²) < 4.78 is 10.8. The molecule has 2 bridgehead atoms. The number of carbonyl (C=O) groups is 2. The van der Waals surface area contributed by atoms with Crippen molar-refractivity contribution in [1.82, 2.24) is 0 Å². The molecule has 0 aromatic heterocycles. The normalized spacial score (nSPS) is 35.9. The zero-order valence-corrected chi connectivity index (χ0v) is 14.5. The molecule has 1 N–H and O–H groups in total. The molecule has 0 amide bonds. The third kappa shape index (κ3) is 3.76. The first kappa shape index (κ1) is 17.7. The fraction of sp³-hybridized carbons (Fsp3) is 0.500. The van der Waals surface area contributed by atoms with Crippen molar-refractivity contribution in [3.63, 3.8) is 0 Å². The summed E-state index contributed by atoms with van der Waals surface area (Å²) in [4.78, 5) is 23.9. The smallest absolute Gasteiger partial charge is 0.334 e. The summed E-state index contributed by atoms with van der Waals surface area (Å²) in [5, 5.41) is 10.3. The van der Waals surface area contributed by atoms with Gasteiger partial charge in [-0.25, -0.2) is 9.59 Å². The summed E-state index contributed by atoms with van der Waals surface area (Å²) in [6, 6.07) is 0. The lowest BCUT2D eigenvalue weighted by atomic mass is 9.87. The fourth-order valence-corrected chi connectivity index (χ4v) is 3.62. The van der Waals surface area contributed by atoms with Gasteiger partial charge in [-0.2, -0.15) is 0 Å². The third-order valence-corrected chi connectivity index (χ3v) is 5.16. The van der Waals surface area contributed by atoms with E-state index in [-0.39, 0.29) is 30.1 Å². The van der Waals surface area contributed by atoms with Crippen LogP contribution in [0.25, 0.3) is 0 Å². The Balaban J connectivity index is 1.86. The molecule has 134 valence electrons. The molecule has 0 aromatic carbocycles. The first-order valence-corrected chi connectivity index (χ1v) is 8.69. The number of fused-ring (bicyclic) bond motifs is 2. The molecule has 2 heterocycles. The van der Waals surface area contributed by atoms with E-state index in [1.54, 1.807) is 0 Å². The molecule has 5 heteroatoms. The molecule has 5 nitrogen and oxygen atoms in total. The lowest BCUT2D eigenvalue weighted by molar-refractivity contribution is -0.139. The molecule has 25 heavy (non-hydrogen) atoms. The molecular weight excluding hydrogens is 320 g/mol. The molecule has 0 radical (unpaired) electrons. The Morgan fingerprint density at radius 2 is 1.84 bits per heavy atom. The topological polar surface area (TPSA) is 72.8 Å². The van der Waals surface area contributed by atoms with Gasteiger partial charge in [0.15, 0.2) is 0 Å². The highest BCUT2D eigenvalue weighted by molar-refractivity contribution is 5.91. The first-order chi connectivity index (χ1) is 11.8. The van der Waals surface area contributed by atoms with Crippen molar-refractivity contribution in [1.29, 1.82) is 0 Å². The minimum atomic E-state index is -0.683. The average molecular weight is 344 g/mol. The van der Waals surface area contributed by atoms with E-state index in [4.69, 9.17) is 9.47 Å². The minimum Gasteiger partial charge on any atom is -0.454 e. The van der Waals surface area contributed by atoms with Gasteiger partial charge in [0.05, 0.1) is 6.10 Å². The van der Waals surface area contributed by atoms with Gasteiger partial charge in [0, 0.05) is 23.5 Å². The first-order valence-electron chi connectivity index (χ1n) is 8.69. The van der Waals surface area contributed by atoms with Crippen LogP contribution in [0.4, 0.5) is 0 Å². The Bertz CT molecular complexity index is 684. The average Bonchev–Trinajstić information content (AvgIpc) is 3.02. The van der Waals surface area contributed by atoms with Crippen molar-refractivity contribution in [3.8, 4) is 0 Å². The van der Waals surface area contributed by atoms with Crippen molar-refractivity contribution in [3.05, 3.63) is 47.6 Å². The molecule has 0 spiro atoms. The lowest BCUT2D eigenvalue weighted by Crippen LogP contribution is -2.17. The highest BCUT2D eigenvalue weighted by Crippen LogP contribution is 2.35. The van der Waals surface area contributed by atoms with Crippen LogP contribution in [-0.4, -0.2) is 35.4 Å². The van der Waals surface area contributed by atoms with Crippen LogP contribution in [0, 0.1) is 5.92 Å². The maximum Gasteiger partial charge on any atom is 0.334 e. The second-order valence-electron chi connectivity index (χ2n) is 7.11. The molecule has 4 atom stereocenters. The molecule has 0 unspecified atom stereocenters. The predicted molar refractivity (Wildman–Crippen MR) is 92.5 cm³/mol. The summed E-state index contributed by atoms with van der Waals surface area (Å²) in [6.07, 6.45) is 5.10. The second kappa shape index (κ2) is 7.00. The molecule has 1 aliphatic carbocycles. The number of esters is 2. The van der Waals surface area contributed by atoms with Gasteiger partial charge in [-0.05, 0) is 50.3 Å². The highest BCUT2D eigenvalue weighted by Gasteiger charge is 2.37. The molecule has 1 fully saturated rings. The summed E-state index contributed by atoms with van der Waals surface area (Å²) in [5.74, 6) is -0.806. The van der Waals surface area contributed by atoms with E-state index < -0.39 is 6.10 Å². The van der Waals surface area contributed by atoms with Gasteiger partial charge < -0.3 is 14.6 Å². The molecule has 1 saturated heterocycles. The van der Waals surface area contributed by atoms with Gasteiger partial charge in [0.1, 0.15) is 12.2 Å². The molecule has 0 aromatic rings. The summed E-state index contributed by atoms with van der Waals surface area (Å²) in [5.41, 5.74) is 2.79. The van der Waals surface area contributed by atoms with Crippen molar-refractivity contribution < 1.29 is 24.2 Å². The maximum absolute atomic E-state index is 12.0. The van der Waals surface area contributed by atoms with Crippen LogP contribution in [-0.2, 0) is 19.1 Å². The van der Waals surface area contributed by atoms with E-state index >= 15 is 0 Å². The van der Waals surface area contributed by atoms with Crippen molar-refractivity contribution in [2.45, 2.75) is 57.3 Å². The standard InChI is InChI=1S/C20H24O5/c1-11-8-15-10-14(20(23)24-15)5-7-17(21)12(2)4-6-16-13(3)19(22)25-18(16)9-11/h9-10,15-18,21H,2-8H2,1H3/b11-9-/t15-,16+,17-,18+/m1/s1. The summed E-state index contributed by atoms with van der Waals surface area (Å²) in [7, 11) is 0. The Morgan fingerprint density at radius 3 is 2.60 bits per heavy atom. The zero-order valence-electron chi connectivity index (χ0n) is 14.5. The monoisotopic (exact) mass is 344 g/mol. The third-order valence-electron chi connectivity index (χ3n) is 5.16. The van der Waals surface area contributed by atoms with Gasteiger partial charge in [-0.3, -0.25) is 0 Å². The number of rotatable bonds is 0. The minimum absolute atomic E-state index is 0.119. The molecule has 3 rings (SSSR count). The zero-order chi connectivity index (χ0) is 18.1. The van der Waals surface area contributed by atoms with Crippen LogP contribution in [0.15, 0.2) is 47.6 Å². The summed E-state index contributed by atoms with van der Waals surface area (Å²) in [6.45, 7) is 9.77. The number of aliphatic hydroxyl groups is 1. The van der Waals surface area contributed by atoms with Crippen molar-refractivity contribution in [2.24, 2.45) is 5.92 Å². The second-order valence-corrected chi connectivity index (χ2v) is 7.11. The van der Waals surface area contributed by atoms with E-state index in [2.05, 4.69) is 13.2 Å². The van der Waals surface area contributed by atoms with E-state index in [0.29, 0.717) is 48.8 Å². The van der Waals surface area contributed by atoms with Gasteiger partial charge in [-0.15, -0.1) is 0 Å². The van der Waals surface area contributed by atoms with Crippen LogP contribution in [0.5, 0.6) is 0 Å². The van der Waals surface area contributed by atoms with E-state index in [9.17, 15) is 14.7 Å². The van der Waals surface area contributed by atoms with Crippen molar-refractivity contribution >= 4 is 11.9 Å². The van der Waals surface area contributed by atoms with Gasteiger partial charge in [0.2, 0.25) is 0 Å². The van der Waals surface area contributed by atoms with E-state index in [1.807, 2.05) is 19.1 Å². The Labute approximate surface area is 147 Å². The quantitative estimate of drug-likeness (QED) is 0.416. The number of hydrogen-bond donors (Lipinski definition) is 1. The van der Waals surface area contributed by atoms with Crippen molar-refractivity contribution in [2.75, 3.05) is 0 Å². The Morgan fingerprint density at radius 1 is 1.08 bits per heavy atom. The fourth-order valence-electron chi connectivity index (χ4n) is 3.62. The SMILES string of the molecule is C=C1CC[C@H]2C(=C)C(=O)O[C@H]2/C=C(/C)C[C@@H]2C=C(CC[C@H]1O)C(=O)O2. The molecule has 3 aliphatic rings. The number of carbonyl (C=O) groups excluding carboxylic acids is 2. The number of hydrogen-bond acceptors (Lipinski definition) is 5. The van der Waals surface area contributed by atoms with Crippen LogP contribution in [0.1, 0.15) is 39.0 Å². The number of ether oxygens (including phenoxy) is 2. The largest absolute Gasteiger partial charge is 0.454 e. The lowest BCUT2D eigenvalue weighted by Gasteiger charge is -2.19. The predicted octanol–water partition coefficient (Wildman–Crippen LogP) is 2.76. The van der Waals surface area contributed by atoms with Gasteiger partial charge in [-0.1, -0.05) is 18.7 Å². The maximum atomic E-state index is 12.0. The summed E-state index contributed by atoms with van der Waals surface area (Å²) >= 11 is 0. The van der Waals surface area contributed by atoms with Crippen LogP contribution >= 0.6 is 0 Å². The van der Waals surface area contributed by atoms with Crippen LogP contribution in [0.2, 0.25) is 0 Å².